The van der Waals surface area contributed by atoms with E-state index in [0.717, 1.165) is 5.57 Å². The fourth-order valence-electron chi connectivity index (χ4n) is 1.64. The van der Waals surface area contributed by atoms with E-state index in [-0.39, 0.29) is 17.5 Å². The molecule has 5 nitrogen and oxygen atoms in total. The lowest BCUT2D eigenvalue weighted by atomic mass is 10.00. The number of benzene rings is 1. The quantitative estimate of drug-likeness (QED) is 0.289. The van der Waals surface area contributed by atoms with Gasteiger partial charge in [-0.2, -0.15) is 0 Å². The Morgan fingerprint density at radius 3 is 2.62 bits per heavy atom. The summed E-state index contributed by atoms with van der Waals surface area (Å²) < 4.78 is 2.82. The van der Waals surface area contributed by atoms with E-state index >= 15 is 0 Å². The van der Waals surface area contributed by atoms with Crippen molar-refractivity contribution in [2.24, 2.45) is 5.73 Å². The van der Waals surface area contributed by atoms with Gasteiger partial charge in [-0.1, -0.05) is 11.6 Å². The minimum atomic E-state index is -0.131. The topological polar surface area (TPSA) is 106 Å². The first kappa shape index (κ1) is 17.4. The number of halogens is 1. The molecule has 1 aromatic carbocycles. The number of rotatable bonds is 6. The molecule has 21 heavy (non-hydrogen) atoms. The molecule has 0 aliphatic rings. The lowest BCUT2D eigenvalue weighted by molar-refractivity contribution is 0.474. The van der Waals surface area contributed by atoms with Crippen LogP contribution in [-0.2, 0) is 0 Å². The van der Waals surface area contributed by atoms with Crippen LogP contribution in [0.15, 0.2) is 36.0 Å². The van der Waals surface area contributed by atoms with Gasteiger partial charge in [-0.15, -0.1) is 0 Å². The highest BCUT2D eigenvalue weighted by Gasteiger charge is 2.09. The zero-order chi connectivity index (χ0) is 16.0. The van der Waals surface area contributed by atoms with Crippen molar-refractivity contribution in [1.29, 1.82) is 10.8 Å². The number of nitrogens with two attached hydrogens (primary N) is 1. The summed E-state index contributed by atoms with van der Waals surface area (Å²) in [6.45, 7) is 3.70. The molecule has 0 saturated carbocycles. The Balaban J connectivity index is 3.14. The average Bonchev–Trinajstić information content (AvgIpc) is 2.44. The molecule has 0 spiro atoms. The molecule has 1 atom stereocenters. The molecular formula is C15H19IN4O. The third-order valence-corrected chi connectivity index (χ3v) is 3.39. The third kappa shape index (κ3) is 4.68. The smallest absolute Gasteiger partial charge is 0.125 e. The molecule has 1 aromatic rings. The molecule has 0 saturated heterocycles. The molecule has 6 heteroatoms. The molecule has 0 amide bonds. The van der Waals surface area contributed by atoms with Gasteiger partial charge in [-0.05, 0) is 37.6 Å². The second kappa shape index (κ2) is 7.94. The number of allylic oxidation sites excluding steroid dienone is 2. The standard InChI is InChI=1S/C15H19IN4O/c1-9(10(2)18)5-14(19)13-4-3-11(6-15(13)21)12(7-17)8-20-16/h3-8,10,17,19-21H,18H2,1-2H3/b9-5-,12-8+,17-7?,19-14?/t10-/m1/s1. The van der Waals surface area contributed by atoms with E-state index in [2.05, 4.69) is 3.53 Å². The van der Waals surface area contributed by atoms with E-state index in [9.17, 15) is 5.11 Å². The van der Waals surface area contributed by atoms with Crippen LogP contribution < -0.4 is 9.26 Å². The van der Waals surface area contributed by atoms with Gasteiger partial charge >= 0.3 is 0 Å². The maximum Gasteiger partial charge on any atom is 0.125 e. The van der Waals surface area contributed by atoms with E-state index in [1.54, 1.807) is 30.5 Å². The summed E-state index contributed by atoms with van der Waals surface area (Å²) in [5, 5.41) is 25.5. The number of nitrogens with one attached hydrogen (secondary N) is 3. The molecular weight excluding hydrogens is 379 g/mol. The summed E-state index contributed by atoms with van der Waals surface area (Å²) in [6.07, 6.45) is 4.51. The van der Waals surface area contributed by atoms with Crippen LogP contribution in [0.1, 0.15) is 25.0 Å². The summed E-state index contributed by atoms with van der Waals surface area (Å²) in [6, 6.07) is 4.85. The van der Waals surface area contributed by atoms with Crippen molar-refractivity contribution in [3.63, 3.8) is 0 Å². The maximum absolute atomic E-state index is 10.1. The van der Waals surface area contributed by atoms with Gasteiger partial charge in [0.15, 0.2) is 0 Å². The highest BCUT2D eigenvalue weighted by molar-refractivity contribution is 14.1. The van der Waals surface area contributed by atoms with Crippen LogP contribution >= 0.6 is 22.9 Å². The second-order valence-electron chi connectivity index (χ2n) is 4.68. The zero-order valence-electron chi connectivity index (χ0n) is 11.9. The van der Waals surface area contributed by atoms with Gasteiger partial charge in [0.05, 0.1) is 28.6 Å². The van der Waals surface area contributed by atoms with Crippen LogP contribution in [0.2, 0.25) is 0 Å². The van der Waals surface area contributed by atoms with E-state index in [1.807, 2.05) is 36.7 Å². The van der Waals surface area contributed by atoms with Gasteiger partial charge < -0.3 is 25.2 Å². The van der Waals surface area contributed by atoms with Gasteiger partial charge in [-0.3, -0.25) is 0 Å². The molecule has 0 heterocycles. The first-order valence-corrected chi connectivity index (χ1v) is 7.41. The summed E-state index contributed by atoms with van der Waals surface area (Å²) in [4.78, 5) is 0. The lowest BCUT2D eigenvalue weighted by Gasteiger charge is -2.09. The Morgan fingerprint density at radius 2 is 2.14 bits per heavy atom. The third-order valence-electron chi connectivity index (χ3n) is 3.08. The first-order valence-electron chi connectivity index (χ1n) is 6.33. The van der Waals surface area contributed by atoms with Gasteiger partial charge in [0, 0.05) is 29.6 Å². The van der Waals surface area contributed by atoms with Gasteiger partial charge in [0.2, 0.25) is 0 Å². The van der Waals surface area contributed by atoms with E-state index in [1.165, 1.54) is 6.21 Å². The fraction of sp³-hybridized carbons (Fsp3) is 0.200. The zero-order valence-corrected chi connectivity index (χ0v) is 14.1. The number of hydrogen-bond acceptors (Lipinski definition) is 5. The van der Waals surface area contributed by atoms with Crippen molar-refractivity contribution in [3.05, 3.63) is 47.2 Å². The van der Waals surface area contributed by atoms with Crippen molar-refractivity contribution < 1.29 is 5.11 Å². The SMILES string of the molecule is C/C(=C/C(=N)c1ccc(/C(C=N)=C/NI)cc1O)[C@@H](C)N. The first-order chi connectivity index (χ1) is 9.90. The molecule has 0 aromatic heterocycles. The molecule has 1 rings (SSSR count). The summed E-state index contributed by atoms with van der Waals surface area (Å²) >= 11 is 1.95. The average molecular weight is 398 g/mol. The van der Waals surface area contributed by atoms with E-state index in [4.69, 9.17) is 16.6 Å². The van der Waals surface area contributed by atoms with Crippen molar-refractivity contribution >= 4 is 40.4 Å². The second-order valence-corrected chi connectivity index (χ2v) is 5.30. The van der Waals surface area contributed by atoms with Crippen LogP contribution in [0.4, 0.5) is 0 Å². The van der Waals surface area contributed by atoms with Crippen LogP contribution in [-0.4, -0.2) is 23.1 Å². The Labute approximate surface area is 138 Å². The molecule has 6 N–H and O–H groups in total. The highest BCUT2D eigenvalue weighted by atomic mass is 127. The minimum absolute atomic E-state index is 0.00688. The molecule has 0 bridgehead atoms. The predicted molar refractivity (Wildman–Crippen MR) is 96.3 cm³/mol. The number of phenolic OH excluding ortho intramolecular Hbond substituents is 1. The summed E-state index contributed by atoms with van der Waals surface area (Å²) in [5.74, 6) is 0.00688. The van der Waals surface area contributed by atoms with Crippen molar-refractivity contribution in [2.75, 3.05) is 0 Å². The number of aromatic hydroxyl groups is 1. The molecule has 0 aliphatic carbocycles. The van der Waals surface area contributed by atoms with Crippen LogP contribution in [0.25, 0.3) is 5.57 Å². The Bertz CT molecular complexity index is 606. The van der Waals surface area contributed by atoms with Crippen LogP contribution in [0.5, 0.6) is 5.75 Å². The van der Waals surface area contributed by atoms with Crippen molar-refractivity contribution in [1.82, 2.24) is 3.53 Å². The van der Waals surface area contributed by atoms with E-state index < -0.39 is 0 Å². The Kier molecular flexibility index (Phi) is 6.57. The van der Waals surface area contributed by atoms with E-state index in [0.29, 0.717) is 16.7 Å². The van der Waals surface area contributed by atoms with Crippen molar-refractivity contribution in [2.45, 2.75) is 19.9 Å². The normalized spacial score (nSPS) is 13.7. The van der Waals surface area contributed by atoms with Gasteiger partial charge in [-0.25, -0.2) is 0 Å². The summed E-state index contributed by atoms with van der Waals surface area (Å²) in [7, 11) is 0. The van der Waals surface area contributed by atoms with Gasteiger partial charge in [0.1, 0.15) is 5.75 Å². The van der Waals surface area contributed by atoms with Crippen molar-refractivity contribution in [3.8, 4) is 5.75 Å². The Hall–Kier alpha value is -1.67. The number of phenols is 1. The summed E-state index contributed by atoms with van der Waals surface area (Å²) in [5.41, 5.74) is 8.61. The molecule has 0 radical (unpaired) electrons. The highest BCUT2D eigenvalue weighted by Crippen LogP contribution is 2.24. The predicted octanol–water partition coefficient (Wildman–Crippen LogP) is 2.98. The monoisotopic (exact) mass is 398 g/mol. The molecule has 0 fully saturated rings. The number of hydrogen-bond donors (Lipinski definition) is 5. The largest absolute Gasteiger partial charge is 0.507 e. The maximum atomic E-state index is 10.1. The molecule has 112 valence electrons. The lowest BCUT2D eigenvalue weighted by Crippen LogP contribution is -2.17. The van der Waals surface area contributed by atoms with Gasteiger partial charge in [0.25, 0.3) is 0 Å². The molecule has 0 aliphatic heterocycles. The van der Waals surface area contributed by atoms with Crippen LogP contribution in [0.3, 0.4) is 0 Å². The fourth-order valence-corrected chi connectivity index (χ4v) is 1.98. The van der Waals surface area contributed by atoms with Crippen LogP contribution in [0, 0.1) is 10.8 Å². The Morgan fingerprint density at radius 1 is 1.48 bits per heavy atom. The molecule has 0 unspecified atom stereocenters. The minimum Gasteiger partial charge on any atom is -0.507 e.